The van der Waals surface area contributed by atoms with Gasteiger partial charge in [0, 0.05) is 15.7 Å². The van der Waals surface area contributed by atoms with E-state index in [0.29, 0.717) is 33.6 Å². The first kappa shape index (κ1) is 23.7. The van der Waals surface area contributed by atoms with Crippen molar-refractivity contribution in [2.75, 3.05) is 11.9 Å². The number of anilines is 1. The average Bonchev–Trinajstić information content (AvgIpc) is 2.82. The molecule has 33 heavy (non-hydrogen) atoms. The summed E-state index contributed by atoms with van der Waals surface area (Å²) in [6.45, 7) is 2.40. The van der Waals surface area contributed by atoms with Crippen molar-refractivity contribution in [3.05, 3.63) is 88.4 Å². The predicted octanol–water partition coefficient (Wildman–Crippen LogP) is 4.16. The van der Waals surface area contributed by atoms with Crippen LogP contribution in [0.5, 0.6) is 11.5 Å². The summed E-state index contributed by atoms with van der Waals surface area (Å²) in [5, 5.41) is 6.26. The maximum atomic E-state index is 12.5. The van der Waals surface area contributed by atoms with Crippen LogP contribution in [0.25, 0.3) is 0 Å². The fraction of sp³-hybridized carbons (Fsp3) is 0.0833. The lowest BCUT2D eigenvalue weighted by Gasteiger charge is -2.09. The number of amides is 2. The van der Waals surface area contributed by atoms with E-state index in [0.717, 1.165) is 0 Å². The minimum atomic E-state index is -0.946. The Morgan fingerprint density at radius 2 is 1.70 bits per heavy atom. The molecule has 0 aliphatic carbocycles. The van der Waals surface area contributed by atoms with Crippen molar-refractivity contribution in [1.29, 1.82) is 0 Å². The molecule has 0 aliphatic heterocycles. The molecule has 0 saturated carbocycles. The first-order valence-electron chi connectivity index (χ1n) is 9.90. The highest BCUT2D eigenvalue weighted by atomic mass is 79.9. The molecule has 3 aromatic carbocycles. The molecule has 0 spiro atoms. The summed E-state index contributed by atoms with van der Waals surface area (Å²) in [7, 11) is 0. The van der Waals surface area contributed by atoms with Crippen LogP contribution in [0.15, 0.2) is 82.4 Å². The highest BCUT2D eigenvalue weighted by molar-refractivity contribution is 9.10. The largest absolute Gasteiger partial charge is 0.494 e. The van der Waals surface area contributed by atoms with E-state index in [4.69, 9.17) is 9.47 Å². The van der Waals surface area contributed by atoms with Gasteiger partial charge in [-0.1, -0.05) is 34.1 Å². The molecule has 0 unspecified atom stereocenters. The maximum absolute atomic E-state index is 12.5. The number of carbonyl (C=O) groups excluding carboxylic acids is 3. The zero-order chi connectivity index (χ0) is 23.6. The van der Waals surface area contributed by atoms with Gasteiger partial charge in [-0.15, -0.1) is 0 Å². The van der Waals surface area contributed by atoms with Crippen LogP contribution in [-0.2, 0) is 9.59 Å². The Hall–Kier alpha value is -3.98. The number of esters is 1. The molecule has 0 aromatic heterocycles. The SMILES string of the molecule is CCOc1ccc(C(=O)Oc2ccc(Br)cc2/C=N/NC(=O)C(=O)Nc2ccccc2)cc1. The van der Waals surface area contributed by atoms with Crippen molar-refractivity contribution in [1.82, 2.24) is 5.43 Å². The maximum Gasteiger partial charge on any atom is 0.343 e. The Morgan fingerprint density at radius 3 is 2.39 bits per heavy atom. The van der Waals surface area contributed by atoms with E-state index in [2.05, 4.69) is 31.8 Å². The number of nitrogens with one attached hydrogen (secondary N) is 2. The lowest BCUT2D eigenvalue weighted by atomic mass is 10.2. The highest BCUT2D eigenvalue weighted by Gasteiger charge is 2.14. The van der Waals surface area contributed by atoms with Gasteiger partial charge in [0.2, 0.25) is 0 Å². The molecule has 0 saturated heterocycles. The van der Waals surface area contributed by atoms with E-state index in [1.807, 2.05) is 6.92 Å². The van der Waals surface area contributed by atoms with Crippen LogP contribution >= 0.6 is 15.9 Å². The number of carbonyl (C=O) groups is 3. The Labute approximate surface area is 198 Å². The number of hydrogen-bond acceptors (Lipinski definition) is 6. The molecule has 0 bridgehead atoms. The number of ether oxygens (including phenoxy) is 2. The third-order valence-corrected chi connectivity index (χ3v) is 4.68. The van der Waals surface area contributed by atoms with E-state index < -0.39 is 17.8 Å². The van der Waals surface area contributed by atoms with Gasteiger partial charge in [0.25, 0.3) is 0 Å². The number of benzene rings is 3. The Kier molecular flexibility index (Phi) is 8.31. The van der Waals surface area contributed by atoms with Crippen LogP contribution in [-0.4, -0.2) is 30.6 Å². The molecular formula is C24H20BrN3O5. The molecule has 0 radical (unpaired) electrons. The van der Waals surface area contributed by atoms with Crippen LogP contribution < -0.4 is 20.2 Å². The van der Waals surface area contributed by atoms with Gasteiger partial charge in [-0.05, 0) is 61.5 Å². The molecule has 3 rings (SSSR count). The summed E-state index contributed by atoms with van der Waals surface area (Å²) in [5.41, 5.74) is 3.39. The molecule has 9 heteroatoms. The highest BCUT2D eigenvalue weighted by Crippen LogP contribution is 2.23. The van der Waals surface area contributed by atoms with Crippen LogP contribution in [0, 0.1) is 0 Å². The Balaban J connectivity index is 1.65. The summed E-state index contributed by atoms with van der Waals surface area (Å²) in [4.78, 5) is 36.5. The number of nitrogens with zero attached hydrogens (tertiary/aromatic N) is 1. The topological polar surface area (TPSA) is 106 Å². The molecule has 0 aliphatic rings. The monoisotopic (exact) mass is 509 g/mol. The molecular weight excluding hydrogens is 490 g/mol. The summed E-state index contributed by atoms with van der Waals surface area (Å²) >= 11 is 3.34. The van der Waals surface area contributed by atoms with Gasteiger partial charge in [-0.25, -0.2) is 10.2 Å². The van der Waals surface area contributed by atoms with Crippen molar-refractivity contribution in [2.24, 2.45) is 5.10 Å². The molecule has 0 atom stereocenters. The quantitative estimate of drug-likeness (QED) is 0.163. The summed E-state index contributed by atoms with van der Waals surface area (Å²) in [5.74, 6) is -1.50. The number of rotatable bonds is 7. The van der Waals surface area contributed by atoms with Gasteiger partial charge < -0.3 is 14.8 Å². The fourth-order valence-electron chi connectivity index (χ4n) is 2.65. The van der Waals surface area contributed by atoms with Gasteiger partial charge in [0.15, 0.2) is 0 Å². The van der Waals surface area contributed by atoms with E-state index in [1.54, 1.807) is 72.8 Å². The third-order valence-electron chi connectivity index (χ3n) is 4.18. The summed E-state index contributed by atoms with van der Waals surface area (Å²) in [6.07, 6.45) is 1.28. The van der Waals surface area contributed by atoms with Gasteiger partial charge in [0.1, 0.15) is 11.5 Å². The van der Waals surface area contributed by atoms with E-state index in [-0.39, 0.29) is 5.75 Å². The number of para-hydroxylation sites is 1. The van der Waals surface area contributed by atoms with Gasteiger partial charge >= 0.3 is 17.8 Å². The molecule has 3 aromatic rings. The van der Waals surface area contributed by atoms with Crippen LogP contribution in [0.4, 0.5) is 5.69 Å². The van der Waals surface area contributed by atoms with Crippen molar-refractivity contribution in [3.63, 3.8) is 0 Å². The summed E-state index contributed by atoms with van der Waals surface area (Å²) < 4.78 is 11.6. The minimum Gasteiger partial charge on any atom is -0.494 e. The average molecular weight is 510 g/mol. The van der Waals surface area contributed by atoms with Crippen molar-refractivity contribution >= 4 is 45.6 Å². The van der Waals surface area contributed by atoms with Crippen molar-refractivity contribution in [2.45, 2.75) is 6.92 Å². The Bertz CT molecular complexity index is 1160. The zero-order valence-electron chi connectivity index (χ0n) is 17.6. The predicted molar refractivity (Wildman–Crippen MR) is 128 cm³/mol. The molecule has 8 nitrogen and oxygen atoms in total. The molecule has 2 N–H and O–H groups in total. The lowest BCUT2D eigenvalue weighted by molar-refractivity contribution is -0.136. The van der Waals surface area contributed by atoms with Crippen molar-refractivity contribution < 1.29 is 23.9 Å². The van der Waals surface area contributed by atoms with Gasteiger partial charge in [0.05, 0.1) is 18.4 Å². The Morgan fingerprint density at radius 1 is 0.970 bits per heavy atom. The second-order valence-corrected chi connectivity index (χ2v) is 7.46. The second kappa shape index (κ2) is 11.6. The molecule has 0 heterocycles. The first-order valence-corrected chi connectivity index (χ1v) is 10.7. The lowest BCUT2D eigenvalue weighted by Crippen LogP contribution is -2.32. The van der Waals surface area contributed by atoms with Crippen LogP contribution in [0.3, 0.4) is 0 Å². The van der Waals surface area contributed by atoms with E-state index in [9.17, 15) is 14.4 Å². The number of halogens is 1. The third kappa shape index (κ3) is 7.01. The second-order valence-electron chi connectivity index (χ2n) is 6.55. The van der Waals surface area contributed by atoms with Gasteiger partial charge in [-0.2, -0.15) is 5.10 Å². The fourth-order valence-corrected chi connectivity index (χ4v) is 3.03. The normalized spacial score (nSPS) is 10.5. The molecule has 2 amide bonds. The zero-order valence-corrected chi connectivity index (χ0v) is 19.2. The minimum absolute atomic E-state index is 0.226. The van der Waals surface area contributed by atoms with Crippen LogP contribution in [0.1, 0.15) is 22.8 Å². The van der Waals surface area contributed by atoms with E-state index >= 15 is 0 Å². The number of hydrogen-bond donors (Lipinski definition) is 2. The van der Waals surface area contributed by atoms with Crippen LogP contribution in [0.2, 0.25) is 0 Å². The van der Waals surface area contributed by atoms with Gasteiger partial charge in [-0.3, -0.25) is 9.59 Å². The first-order chi connectivity index (χ1) is 16.0. The van der Waals surface area contributed by atoms with E-state index in [1.165, 1.54) is 6.21 Å². The molecule has 168 valence electrons. The molecule has 0 fully saturated rings. The van der Waals surface area contributed by atoms with Crippen molar-refractivity contribution in [3.8, 4) is 11.5 Å². The smallest absolute Gasteiger partial charge is 0.343 e. The number of hydrazone groups is 1. The standard InChI is InChI=1S/C24H20BrN3O5/c1-2-32-20-11-8-16(9-12-20)24(31)33-21-13-10-18(25)14-17(21)15-26-28-23(30)22(29)27-19-6-4-3-5-7-19/h3-15H,2H2,1H3,(H,27,29)(H,28,30)/b26-15+. The summed E-state index contributed by atoms with van der Waals surface area (Å²) in [6, 6.07) is 20.1.